The maximum absolute atomic E-state index is 12.5. The summed E-state index contributed by atoms with van der Waals surface area (Å²) in [5.74, 6) is -0.670. The van der Waals surface area contributed by atoms with Gasteiger partial charge in [0, 0.05) is 17.4 Å². The van der Waals surface area contributed by atoms with Gasteiger partial charge in [0.25, 0.3) is 0 Å². The second-order valence-corrected chi connectivity index (χ2v) is 5.24. The number of carboxylic acid groups (broad SMARTS) is 1. The summed E-state index contributed by atoms with van der Waals surface area (Å²) in [6.07, 6.45) is 5.96. The third-order valence-electron chi connectivity index (χ3n) is 3.70. The number of aryl methyl sites for hydroxylation is 1. The molecule has 1 N–H and O–H groups in total. The van der Waals surface area contributed by atoms with E-state index >= 15 is 0 Å². The quantitative estimate of drug-likeness (QED) is 0.843. The molecule has 1 aromatic rings. The Morgan fingerprint density at radius 1 is 1.42 bits per heavy atom. The summed E-state index contributed by atoms with van der Waals surface area (Å²) in [4.78, 5) is 23.0. The van der Waals surface area contributed by atoms with Crippen molar-refractivity contribution in [1.29, 1.82) is 0 Å². The first kappa shape index (κ1) is 13.5. The van der Waals surface area contributed by atoms with Crippen LogP contribution < -0.4 is 0 Å². The van der Waals surface area contributed by atoms with E-state index in [2.05, 4.69) is 0 Å². The van der Waals surface area contributed by atoms with E-state index in [0.717, 1.165) is 24.0 Å². The van der Waals surface area contributed by atoms with Gasteiger partial charge in [-0.25, -0.2) is 0 Å². The van der Waals surface area contributed by atoms with Crippen LogP contribution in [0.25, 0.3) is 0 Å². The van der Waals surface area contributed by atoms with Gasteiger partial charge >= 0.3 is 5.97 Å². The van der Waals surface area contributed by atoms with E-state index in [1.165, 1.54) is 0 Å². The van der Waals surface area contributed by atoms with Crippen molar-refractivity contribution >= 4 is 11.8 Å². The summed E-state index contributed by atoms with van der Waals surface area (Å²) in [5, 5.41) is 8.60. The molecule has 0 amide bonds. The number of Topliss-reactive ketones (excluding diaryl/α,β-unsaturated/α-hetero) is 1. The lowest BCUT2D eigenvalue weighted by molar-refractivity contribution is -0.136. The third-order valence-corrected chi connectivity index (χ3v) is 3.70. The molecule has 0 aliphatic heterocycles. The maximum Gasteiger partial charge on any atom is 0.303 e. The molecule has 0 radical (unpaired) electrons. The van der Waals surface area contributed by atoms with Crippen LogP contribution in [0.1, 0.15) is 42.1 Å². The van der Waals surface area contributed by atoms with Crippen LogP contribution in [-0.4, -0.2) is 16.9 Å². The van der Waals surface area contributed by atoms with Gasteiger partial charge in [-0.2, -0.15) is 0 Å². The number of carbonyl (C=O) groups excluding carboxylic acids is 1. The molecule has 0 saturated heterocycles. The molecular formula is C16H18O3. The molecule has 3 heteroatoms. The average Bonchev–Trinajstić information content (AvgIpc) is 2.40. The van der Waals surface area contributed by atoms with E-state index in [4.69, 9.17) is 5.11 Å². The summed E-state index contributed by atoms with van der Waals surface area (Å²) in [5.41, 5.74) is 1.43. The van der Waals surface area contributed by atoms with Gasteiger partial charge in [-0.1, -0.05) is 36.4 Å². The van der Waals surface area contributed by atoms with Gasteiger partial charge in [0.1, 0.15) is 0 Å². The van der Waals surface area contributed by atoms with Crippen LogP contribution in [-0.2, 0) is 11.2 Å². The van der Waals surface area contributed by atoms with Crippen LogP contribution >= 0.6 is 0 Å². The van der Waals surface area contributed by atoms with Crippen molar-refractivity contribution in [3.05, 3.63) is 47.5 Å². The van der Waals surface area contributed by atoms with Gasteiger partial charge in [-0.3, -0.25) is 9.59 Å². The number of aliphatic carboxylic acids is 1. The lowest BCUT2D eigenvalue weighted by atomic mass is 9.71. The van der Waals surface area contributed by atoms with Crippen molar-refractivity contribution in [2.75, 3.05) is 0 Å². The number of allylic oxidation sites excluding steroid dienone is 2. The molecule has 100 valence electrons. The molecule has 0 aromatic heterocycles. The van der Waals surface area contributed by atoms with E-state index in [1.807, 2.05) is 43.3 Å². The Kier molecular flexibility index (Phi) is 3.84. The topological polar surface area (TPSA) is 54.4 Å². The lowest BCUT2D eigenvalue weighted by Gasteiger charge is -2.30. The molecule has 0 fully saturated rings. The summed E-state index contributed by atoms with van der Waals surface area (Å²) >= 11 is 0. The van der Waals surface area contributed by atoms with Gasteiger partial charge in [0.2, 0.25) is 0 Å². The Hall–Kier alpha value is -1.90. The van der Waals surface area contributed by atoms with Crippen LogP contribution in [0.3, 0.4) is 0 Å². The van der Waals surface area contributed by atoms with Gasteiger partial charge in [0.05, 0.1) is 0 Å². The minimum absolute atomic E-state index is 0.108. The lowest BCUT2D eigenvalue weighted by Crippen LogP contribution is -2.31. The van der Waals surface area contributed by atoms with E-state index in [-0.39, 0.29) is 12.2 Å². The fourth-order valence-corrected chi connectivity index (χ4v) is 2.48. The Labute approximate surface area is 113 Å². The molecule has 0 spiro atoms. The molecule has 2 rings (SSSR count). The number of fused-ring (bicyclic) bond motifs is 1. The van der Waals surface area contributed by atoms with Gasteiger partial charge < -0.3 is 5.11 Å². The third kappa shape index (κ3) is 2.92. The molecule has 3 nitrogen and oxygen atoms in total. The molecule has 1 unspecified atom stereocenters. The van der Waals surface area contributed by atoms with Gasteiger partial charge in [0.15, 0.2) is 5.78 Å². The molecule has 1 aliphatic rings. The highest BCUT2D eigenvalue weighted by atomic mass is 16.4. The first-order valence-corrected chi connectivity index (χ1v) is 6.55. The second-order valence-electron chi connectivity index (χ2n) is 5.24. The SMILES string of the molecule is CC1(C=CCCC(=O)O)CCc2ccccc2C1=O. The van der Waals surface area contributed by atoms with Crippen molar-refractivity contribution in [1.82, 2.24) is 0 Å². The Balaban J connectivity index is 2.13. The van der Waals surface area contributed by atoms with E-state index in [0.29, 0.717) is 6.42 Å². The maximum atomic E-state index is 12.5. The van der Waals surface area contributed by atoms with Crippen molar-refractivity contribution in [2.24, 2.45) is 5.41 Å². The molecule has 0 bridgehead atoms. The van der Waals surface area contributed by atoms with Crippen LogP contribution in [0.5, 0.6) is 0 Å². The highest BCUT2D eigenvalue weighted by molar-refractivity contribution is 6.03. The average molecular weight is 258 g/mol. The van der Waals surface area contributed by atoms with E-state index in [9.17, 15) is 9.59 Å². The van der Waals surface area contributed by atoms with Crippen molar-refractivity contribution in [2.45, 2.75) is 32.6 Å². The Morgan fingerprint density at radius 3 is 2.89 bits per heavy atom. The standard InChI is InChI=1S/C16H18O3/c1-16(10-5-4-8-14(17)18)11-9-12-6-2-3-7-13(12)15(16)19/h2-3,5-7,10H,4,8-9,11H2,1H3,(H,17,18). The monoisotopic (exact) mass is 258 g/mol. The number of carbonyl (C=O) groups is 2. The fourth-order valence-electron chi connectivity index (χ4n) is 2.48. The van der Waals surface area contributed by atoms with Gasteiger partial charge in [-0.15, -0.1) is 0 Å². The highest BCUT2D eigenvalue weighted by Crippen LogP contribution is 2.36. The first-order valence-electron chi connectivity index (χ1n) is 6.55. The number of rotatable bonds is 4. The summed E-state index contributed by atoms with van der Waals surface area (Å²) < 4.78 is 0. The molecule has 0 saturated carbocycles. The minimum atomic E-state index is -0.810. The molecule has 1 aliphatic carbocycles. The largest absolute Gasteiger partial charge is 0.481 e. The zero-order chi connectivity index (χ0) is 13.9. The second kappa shape index (κ2) is 5.39. The predicted molar refractivity (Wildman–Crippen MR) is 73.2 cm³/mol. The fraction of sp³-hybridized carbons (Fsp3) is 0.375. The Morgan fingerprint density at radius 2 is 2.16 bits per heavy atom. The number of ketones is 1. The summed E-state index contributed by atoms with van der Waals surface area (Å²) in [6.45, 7) is 1.93. The van der Waals surface area contributed by atoms with Crippen LogP contribution in [0.15, 0.2) is 36.4 Å². The number of hydrogen-bond acceptors (Lipinski definition) is 2. The van der Waals surface area contributed by atoms with Gasteiger partial charge in [-0.05, 0) is 31.7 Å². The van der Waals surface area contributed by atoms with Crippen molar-refractivity contribution in [3.8, 4) is 0 Å². The normalized spacial score (nSPS) is 22.5. The van der Waals surface area contributed by atoms with Crippen molar-refractivity contribution < 1.29 is 14.7 Å². The summed E-state index contributed by atoms with van der Waals surface area (Å²) in [7, 11) is 0. The number of benzene rings is 1. The minimum Gasteiger partial charge on any atom is -0.481 e. The van der Waals surface area contributed by atoms with Crippen LogP contribution in [0, 0.1) is 5.41 Å². The summed E-state index contributed by atoms with van der Waals surface area (Å²) in [6, 6.07) is 7.72. The van der Waals surface area contributed by atoms with Crippen molar-refractivity contribution in [3.63, 3.8) is 0 Å². The Bertz CT molecular complexity index is 531. The molecular weight excluding hydrogens is 240 g/mol. The zero-order valence-corrected chi connectivity index (χ0v) is 11.1. The van der Waals surface area contributed by atoms with Crippen LogP contribution in [0.4, 0.5) is 0 Å². The van der Waals surface area contributed by atoms with E-state index in [1.54, 1.807) is 0 Å². The van der Waals surface area contributed by atoms with Crippen LogP contribution in [0.2, 0.25) is 0 Å². The molecule has 19 heavy (non-hydrogen) atoms. The van der Waals surface area contributed by atoms with E-state index < -0.39 is 11.4 Å². The first-order chi connectivity index (χ1) is 9.03. The molecule has 0 heterocycles. The number of carboxylic acids is 1. The predicted octanol–water partition coefficient (Wildman–Crippen LogP) is 3.24. The number of hydrogen-bond donors (Lipinski definition) is 1. The molecule has 1 aromatic carbocycles. The molecule has 1 atom stereocenters. The smallest absolute Gasteiger partial charge is 0.303 e. The highest BCUT2D eigenvalue weighted by Gasteiger charge is 2.35. The zero-order valence-electron chi connectivity index (χ0n) is 11.1.